The minimum Gasteiger partial charge on any atom is -1.00 e. The smallest absolute Gasteiger partial charge is 0.212 e. The molecule has 0 atom stereocenters. The lowest BCUT2D eigenvalue weighted by Gasteiger charge is -2.02. The van der Waals surface area contributed by atoms with Crippen LogP contribution in [-0.4, -0.2) is 0 Å². The monoisotopic (exact) mass is 387 g/mol. The minimum atomic E-state index is 0. The second-order valence-corrected chi connectivity index (χ2v) is 4.81. The Morgan fingerprint density at radius 1 is 0.810 bits per heavy atom. The fourth-order valence-electron chi connectivity index (χ4n) is 2.52. The number of aryl methyl sites for hydroxylation is 1. The first-order valence-corrected chi connectivity index (χ1v) is 7.03. The summed E-state index contributed by atoms with van der Waals surface area (Å²) in [6.07, 6.45) is 4.35. The number of para-hydroxylation sites is 1. The van der Waals surface area contributed by atoms with Crippen molar-refractivity contribution in [3.05, 3.63) is 78.0 Å². The second-order valence-electron chi connectivity index (χ2n) is 4.81. The van der Waals surface area contributed by atoms with Crippen molar-refractivity contribution in [3.63, 3.8) is 0 Å². The maximum Gasteiger partial charge on any atom is 0.212 e. The predicted octanol–water partition coefficient (Wildman–Crippen LogP) is 1.32. The van der Waals surface area contributed by atoms with Crippen LogP contribution in [0, 0.1) is 0 Å². The van der Waals surface area contributed by atoms with E-state index in [0.717, 1.165) is 6.54 Å². The highest BCUT2D eigenvalue weighted by Gasteiger charge is 2.10. The summed E-state index contributed by atoms with van der Waals surface area (Å²) >= 11 is 0. The number of benzene rings is 2. The number of hydrogen-bond acceptors (Lipinski definition) is 0. The molecule has 1 nitrogen and oxygen atoms in total. The molecular formula is C19H18IN. The highest BCUT2D eigenvalue weighted by atomic mass is 127. The third-order valence-corrected chi connectivity index (χ3v) is 3.54. The molecule has 1 aromatic heterocycles. The van der Waals surface area contributed by atoms with Crippen LogP contribution in [0.5, 0.6) is 0 Å². The van der Waals surface area contributed by atoms with Gasteiger partial charge >= 0.3 is 0 Å². The highest BCUT2D eigenvalue weighted by molar-refractivity contribution is 5.77. The molecule has 3 rings (SSSR count). The zero-order chi connectivity index (χ0) is 13.8. The van der Waals surface area contributed by atoms with Crippen molar-refractivity contribution >= 4 is 23.1 Å². The molecule has 0 aliphatic carbocycles. The Hall–Kier alpha value is -1.68. The molecule has 0 unspecified atom stereocenters. The van der Waals surface area contributed by atoms with Crippen LogP contribution in [0.3, 0.4) is 0 Å². The Morgan fingerprint density at radius 2 is 1.52 bits per heavy atom. The molecule has 1 heterocycles. The maximum atomic E-state index is 2.34. The molecule has 0 saturated carbocycles. The summed E-state index contributed by atoms with van der Waals surface area (Å²) in [5.41, 5.74) is 3.74. The Bertz CT molecular complexity index is 748. The number of aromatic nitrogens is 1. The van der Waals surface area contributed by atoms with Crippen molar-refractivity contribution in [2.75, 3.05) is 0 Å². The molecular weight excluding hydrogens is 369 g/mol. The maximum absolute atomic E-state index is 2.34. The third kappa shape index (κ3) is 3.50. The summed E-state index contributed by atoms with van der Waals surface area (Å²) in [7, 11) is 0. The Morgan fingerprint density at radius 3 is 2.29 bits per heavy atom. The lowest BCUT2D eigenvalue weighted by molar-refractivity contribution is -0.669. The molecule has 0 amide bonds. The quantitative estimate of drug-likeness (QED) is 0.472. The average molecular weight is 387 g/mol. The van der Waals surface area contributed by atoms with Gasteiger partial charge in [-0.2, -0.15) is 4.57 Å². The van der Waals surface area contributed by atoms with Gasteiger partial charge in [-0.15, -0.1) is 0 Å². The normalized spacial score (nSPS) is 10.7. The van der Waals surface area contributed by atoms with E-state index in [2.05, 4.69) is 84.3 Å². The molecule has 0 saturated heterocycles. The van der Waals surface area contributed by atoms with E-state index in [1.165, 1.54) is 22.2 Å². The number of nitrogens with zero attached hydrogens (tertiary/aromatic N) is 1. The lowest BCUT2D eigenvalue weighted by Crippen LogP contribution is -3.00. The zero-order valence-corrected chi connectivity index (χ0v) is 14.2. The van der Waals surface area contributed by atoms with Crippen LogP contribution < -0.4 is 28.5 Å². The van der Waals surface area contributed by atoms with Crippen LogP contribution in [-0.2, 0) is 6.54 Å². The fourth-order valence-corrected chi connectivity index (χ4v) is 2.52. The number of rotatable bonds is 3. The van der Waals surface area contributed by atoms with Crippen LogP contribution in [0.2, 0.25) is 0 Å². The summed E-state index contributed by atoms with van der Waals surface area (Å²) in [5.74, 6) is 0. The fraction of sp³-hybridized carbons (Fsp3) is 0.105. The Balaban J connectivity index is 0.00000161. The van der Waals surface area contributed by atoms with Crippen LogP contribution >= 0.6 is 0 Å². The van der Waals surface area contributed by atoms with E-state index in [-0.39, 0.29) is 24.0 Å². The van der Waals surface area contributed by atoms with Gasteiger partial charge in [-0.05, 0) is 30.7 Å². The molecule has 0 aliphatic heterocycles. The van der Waals surface area contributed by atoms with Gasteiger partial charge in [0.25, 0.3) is 0 Å². The number of pyridine rings is 1. The molecule has 0 fully saturated rings. The summed E-state index contributed by atoms with van der Waals surface area (Å²) in [5, 5.41) is 1.28. The first kappa shape index (κ1) is 15.7. The summed E-state index contributed by atoms with van der Waals surface area (Å²) in [6.45, 7) is 3.15. The molecule has 106 valence electrons. The van der Waals surface area contributed by atoms with Crippen molar-refractivity contribution in [3.8, 4) is 0 Å². The van der Waals surface area contributed by atoms with Crippen molar-refractivity contribution in [1.82, 2.24) is 0 Å². The topological polar surface area (TPSA) is 3.88 Å². The SMILES string of the molecule is CC[n+]1c(C=Cc2ccccc2)ccc2ccccc21.[I-]. The van der Waals surface area contributed by atoms with E-state index in [0.29, 0.717) is 0 Å². The molecule has 0 aliphatic rings. The molecule has 0 radical (unpaired) electrons. The van der Waals surface area contributed by atoms with E-state index >= 15 is 0 Å². The van der Waals surface area contributed by atoms with Gasteiger partial charge in [0.05, 0.1) is 0 Å². The van der Waals surface area contributed by atoms with Gasteiger partial charge in [0.15, 0.2) is 0 Å². The first-order chi connectivity index (χ1) is 9.88. The van der Waals surface area contributed by atoms with E-state index in [1.807, 2.05) is 6.07 Å². The van der Waals surface area contributed by atoms with Crippen LogP contribution in [0.4, 0.5) is 0 Å². The molecule has 2 aromatic carbocycles. The Labute approximate surface area is 143 Å². The largest absolute Gasteiger partial charge is 1.00 e. The summed E-state index contributed by atoms with van der Waals surface area (Å²) in [6, 6.07) is 23.3. The van der Waals surface area contributed by atoms with Crippen LogP contribution in [0.1, 0.15) is 18.2 Å². The van der Waals surface area contributed by atoms with Gasteiger partial charge in [-0.3, -0.25) is 0 Å². The van der Waals surface area contributed by atoms with E-state index in [4.69, 9.17) is 0 Å². The molecule has 3 aromatic rings. The van der Waals surface area contributed by atoms with E-state index < -0.39 is 0 Å². The Kier molecular flexibility index (Phi) is 5.51. The molecule has 0 bridgehead atoms. The van der Waals surface area contributed by atoms with Gasteiger partial charge in [-0.1, -0.05) is 42.5 Å². The van der Waals surface area contributed by atoms with Crippen molar-refractivity contribution < 1.29 is 28.5 Å². The number of halogens is 1. The molecule has 0 spiro atoms. The highest BCUT2D eigenvalue weighted by Crippen LogP contribution is 2.12. The number of hydrogen-bond donors (Lipinski definition) is 0. The van der Waals surface area contributed by atoms with Gasteiger partial charge in [0, 0.05) is 23.6 Å². The predicted molar refractivity (Wildman–Crippen MR) is 85.2 cm³/mol. The van der Waals surface area contributed by atoms with Gasteiger partial charge in [0.1, 0.15) is 6.54 Å². The number of fused-ring (bicyclic) bond motifs is 1. The molecule has 2 heteroatoms. The van der Waals surface area contributed by atoms with Gasteiger partial charge in [0.2, 0.25) is 11.2 Å². The van der Waals surface area contributed by atoms with Crippen molar-refractivity contribution in [2.45, 2.75) is 13.5 Å². The van der Waals surface area contributed by atoms with Crippen LogP contribution in [0.25, 0.3) is 23.1 Å². The van der Waals surface area contributed by atoms with Crippen molar-refractivity contribution in [2.24, 2.45) is 0 Å². The van der Waals surface area contributed by atoms with Gasteiger partial charge < -0.3 is 24.0 Å². The standard InChI is InChI=1S/C19H18N.HI/c1-2-20-18(14-12-16-8-4-3-5-9-16)15-13-17-10-6-7-11-19(17)20;/h3-15H,2H2,1H3;1H/q+1;/p-1. The van der Waals surface area contributed by atoms with E-state index in [1.54, 1.807) is 0 Å². The minimum absolute atomic E-state index is 0. The zero-order valence-electron chi connectivity index (χ0n) is 12.0. The second kappa shape index (κ2) is 7.36. The van der Waals surface area contributed by atoms with Gasteiger partial charge in [-0.25, -0.2) is 0 Å². The third-order valence-electron chi connectivity index (χ3n) is 3.54. The van der Waals surface area contributed by atoms with Crippen LogP contribution in [0.15, 0.2) is 66.7 Å². The average Bonchev–Trinajstić information content (AvgIpc) is 2.53. The van der Waals surface area contributed by atoms with Crippen molar-refractivity contribution in [1.29, 1.82) is 0 Å². The first-order valence-electron chi connectivity index (χ1n) is 7.03. The molecule has 21 heavy (non-hydrogen) atoms. The lowest BCUT2D eigenvalue weighted by atomic mass is 10.1. The summed E-state index contributed by atoms with van der Waals surface area (Å²) in [4.78, 5) is 0. The summed E-state index contributed by atoms with van der Waals surface area (Å²) < 4.78 is 2.34. The van der Waals surface area contributed by atoms with E-state index in [9.17, 15) is 0 Å². The molecule has 0 N–H and O–H groups in total.